The van der Waals surface area contributed by atoms with E-state index in [2.05, 4.69) is 27.7 Å². The summed E-state index contributed by atoms with van der Waals surface area (Å²) in [6, 6.07) is 0. The number of ketones is 1. The summed E-state index contributed by atoms with van der Waals surface area (Å²) in [5.41, 5.74) is 9.15. The van der Waals surface area contributed by atoms with Crippen LogP contribution < -0.4 is 0 Å². The molecule has 2 aromatic carbocycles. The molecule has 0 fully saturated rings. The smallest absolute Gasteiger partial charge is 0.194 e. The molecular formula is C29H42O3. The Labute approximate surface area is 194 Å². The predicted molar refractivity (Wildman–Crippen MR) is 135 cm³/mol. The van der Waals surface area contributed by atoms with Crippen LogP contribution in [0.4, 0.5) is 0 Å². The molecule has 0 bridgehead atoms. The van der Waals surface area contributed by atoms with Gasteiger partial charge in [0.15, 0.2) is 5.78 Å². The summed E-state index contributed by atoms with van der Waals surface area (Å²) >= 11 is 0. The zero-order valence-corrected chi connectivity index (χ0v) is 21.5. The first kappa shape index (κ1) is 26.0. The highest BCUT2D eigenvalue weighted by atomic mass is 16.3. The molecule has 0 aliphatic heterocycles. The number of benzene rings is 2. The maximum Gasteiger partial charge on any atom is 0.194 e. The van der Waals surface area contributed by atoms with Crippen molar-refractivity contribution in [2.45, 2.75) is 107 Å². The predicted octanol–water partition coefficient (Wildman–Crippen LogP) is 6.83. The maximum atomic E-state index is 14.5. The number of phenolic OH excluding ortho intramolecular Hbond substituents is 2. The van der Waals surface area contributed by atoms with Crippen LogP contribution in [-0.2, 0) is 51.4 Å². The number of carbonyl (C=O) groups is 1. The Hall–Kier alpha value is -2.29. The number of rotatable bonds is 10. The minimum absolute atomic E-state index is 0.0706. The monoisotopic (exact) mass is 438 g/mol. The number of phenols is 2. The highest BCUT2D eigenvalue weighted by Crippen LogP contribution is 2.40. The second kappa shape index (κ2) is 11.0. The van der Waals surface area contributed by atoms with Gasteiger partial charge in [0.1, 0.15) is 11.5 Å². The van der Waals surface area contributed by atoms with E-state index < -0.39 is 0 Å². The molecule has 0 saturated heterocycles. The van der Waals surface area contributed by atoms with Gasteiger partial charge in [0, 0.05) is 11.1 Å². The zero-order chi connectivity index (χ0) is 24.2. The molecule has 0 amide bonds. The van der Waals surface area contributed by atoms with Gasteiger partial charge in [0.05, 0.1) is 0 Å². The Morgan fingerprint density at radius 3 is 0.781 bits per heavy atom. The summed E-state index contributed by atoms with van der Waals surface area (Å²) in [6.07, 6.45) is 5.61. The van der Waals surface area contributed by atoms with Crippen molar-refractivity contribution in [1.29, 1.82) is 0 Å². The quantitative estimate of drug-likeness (QED) is 0.400. The lowest BCUT2D eigenvalue weighted by atomic mass is 9.78. The number of carbonyl (C=O) groups excluding carboxylic acids is 1. The Kier molecular flexibility index (Phi) is 8.95. The average Bonchev–Trinajstić information content (AvgIpc) is 2.81. The number of aromatic hydroxyl groups is 2. The van der Waals surface area contributed by atoms with Crippen LogP contribution in [0.1, 0.15) is 116 Å². The Bertz CT molecular complexity index is 853. The maximum absolute atomic E-state index is 14.5. The highest BCUT2D eigenvalue weighted by Gasteiger charge is 2.30. The van der Waals surface area contributed by atoms with E-state index >= 15 is 0 Å². The summed E-state index contributed by atoms with van der Waals surface area (Å²) in [6.45, 7) is 16.5. The minimum atomic E-state index is 0.0706. The second-order valence-electron chi connectivity index (χ2n) is 8.43. The van der Waals surface area contributed by atoms with Crippen molar-refractivity contribution < 1.29 is 15.0 Å². The van der Waals surface area contributed by atoms with Crippen molar-refractivity contribution >= 4 is 5.78 Å². The molecule has 2 aromatic rings. The van der Waals surface area contributed by atoms with Crippen molar-refractivity contribution in [3.05, 3.63) is 55.6 Å². The summed E-state index contributed by atoms with van der Waals surface area (Å²) in [5.74, 6) is 0.822. The van der Waals surface area contributed by atoms with Gasteiger partial charge >= 0.3 is 0 Å². The fourth-order valence-corrected chi connectivity index (χ4v) is 5.66. The molecule has 0 unspecified atom stereocenters. The largest absolute Gasteiger partial charge is 0.507 e. The molecule has 0 heterocycles. The molecule has 3 nitrogen and oxygen atoms in total. The van der Waals surface area contributed by atoms with Crippen LogP contribution in [0.15, 0.2) is 0 Å². The van der Waals surface area contributed by atoms with Crippen molar-refractivity contribution in [2.75, 3.05) is 0 Å². The van der Waals surface area contributed by atoms with Crippen LogP contribution in [0.3, 0.4) is 0 Å². The topological polar surface area (TPSA) is 57.5 Å². The van der Waals surface area contributed by atoms with Gasteiger partial charge in [-0.2, -0.15) is 0 Å². The van der Waals surface area contributed by atoms with E-state index in [1.807, 2.05) is 27.7 Å². The fraction of sp³-hybridized carbons (Fsp3) is 0.552. The standard InChI is InChI=1S/C29H42O3/c1-9-17-21(13-5)27(30)22(14-6)18(10-2)25(17)29(32)26-19(11-3)23(15-7)28(31)24(16-8)20(26)12-4/h30-31H,9-16H2,1-8H3. The van der Waals surface area contributed by atoms with Gasteiger partial charge in [-0.1, -0.05) is 55.4 Å². The lowest BCUT2D eigenvalue weighted by molar-refractivity contribution is 0.103. The summed E-state index contributed by atoms with van der Waals surface area (Å²) < 4.78 is 0. The van der Waals surface area contributed by atoms with E-state index in [-0.39, 0.29) is 5.78 Å². The third-order valence-electron chi connectivity index (χ3n) is 7.09. The summed E-state index contributed by atoms with van der Waals surface area (Å²) in [5, 5.41) is 22.1. The third kappa shape index (κ3) is 4.07. The zero-order valence-electron chi connectivity index (χ0n) is 21.5. The first-order valence-corrected chi connectivity index (χ1v) is 12.6. The molecule has 32 heavy (non-hydrogen) atoms. The second-order valence-corrected chi connectivity index (χ2v) is 8.43. The Balaban J connectivity index is 3.10. The van der Waals surface area contributed by atoms with Crippen molar-refractivity contribution in [1.82, 2.24) is 0 Å². The number of hydrogen-bond acceptors (Lipinski definition) is 3. The summed E-state index contributed by atoms with van der Waals surface area (Å²) in [4.78, 5) is 14.5. The SMILES string of the molecule is CCc1c(O)c(CC)c(CC)c(C(=O)c2c(CC)c(CC)c(O)c(CC)c2CC)c1CC. The van der Waals surface area contributed by atoms with Gasteiger partial charge in [-0.05, 0) is 95.9 Å². The van der Waals surface area contributed by atoms with Gasteiger partial charge in [-0.25, -0.2) is 0 Å². The molecule has 0 spiro atoms. The molecule has 0 aliphatic carbocycles. The summed E-state index contributed by atoms with van der Waals surface area (Å²) in [7, 11) is 0. The molecule has 0 saturated carbocycles. The Morgan fingerprint density at radius 1 is 0.438 bits per heavy atom. The molecule has 3 heteroatoms. The van der Waals surface area contributed by atoms with Crippen LogP contribution in [-0.4, -0.2) is 16.0 Å². The van der Waals surface area contributed by atoms with Gasteiger partial charge in [0.2, 0.25) is 0 Å². The molecule has 2 N–H and O–H groups in total. The van der Waals surface area contributed by atoms with E-state index in [1.54, 1.807) is 0 Å². The normalized spacial score (nSPS) is 11.2. The van der Waals surface area contributed by atoms with Crippen molar-refractivity contribution in [2.24, 2.45) is 0 Å². The van der Waals surface area contributed by atoms with Gasteiger partial charge in [-0.15, -0.1) is 0 Å². The molecule has 0 aromatic heterocycles. The molecule has 0 aliphatic rings. The van der Waals surface area contributed by atoms with Gasteiger partial charge in [-0.3, -0.25) is 4.79 Å². The fourth-order valence-electron chi connectivity index (χ4n) is 5.66. The van der Waals surface area contributed by atoms with E-state index in [4.69, 9.17) is 0 Å². The van der Waals surface area contributed by atoms with Crippen LogP contribution in [0.2, 0.25) is 0 Å². The van der Waals surface area contributed by atoms with E-state index in [0.717, 1.165) is 55.6 Å². The van der Waals surface area contributed by atoms with E-state index in [9.17, 15) is 15.0 Å². The molecule has 176 valence electrons. The van der Waals surface area contributed by atoms with E-state index in [1.165, 1.54) is 0 Å². The Morgan fingerprint density at radius 2 is 0.625 bits per heavy atom. The number of hydrogen-bond donors (Lipinski definition) is 2. The average molecular weight is 439 g/mol. The molecule has 0 atom stereocenters. The molecule has 2 rings (SSSR count). The third-order valence-corrected chi connectivity index (χ3v) is 7.09. The van der Waals surface area contributed by atoms with Crippen LogP contribution in [0, 0.1) is 0 Å². The van der Waals surface area contributed by atoms with Crippen LogP contribution in [0.5, 0.6) is 11.5 Å². The van der Waals surface area contributed by atoms with Crippen LogP contribution in [0.25, 0.3) is 0 Å². The first-order chi connectivity index (χ1) is 15.3. The van der Waals surface area contributed by atoms with Crippen molar-refractivity contribution in [3.63, 3.8) is 0 Å². The highest BCUT2D eigenvalue weighted by molar-refractivity contribution is 6.14. The molecular weight excluding hydrogens is 396 g/mol. The molecule has 0 radical (unpaired) electrons. The van der Waals surface area contributed by atoms with Gasteiger partial charge < -0.3 is 10.2 Å². The first-order valence-electron chi connectivity index (χ1n) is 12.6. The minimum Gasteiger partial charge on any atom is -0.507 e. The lowest BCUT2D eigenvalue weighted by Crippen LogP contribution is -2.19. The van der Waals surface area contributed by atoms with Gasteiger partial charge in [0.25, 0.3) is 0 Å². The lowest BCUT2D eigenvalue weighted by Gasteiger charge is -2.26. The van der Waals surface area contributed by atoms with E-state index in [0.29, 0.717) is 62.9 Å². The van der Waals surface area contributed by atoms with Crippen molar-refractivity contribution in [3.8, 4) is 11.5 Å². The van der Waals surface area contributed by atoms with Crippen LogP contribution >= 0.6 is 0 Å².